The van der Waals surface area contributed by atoms with Crippen LogP contribution in [-0.2, 0) is 9.53 Å². The van der Waals surface area contributed by atoms with Gasteiger partial charge in [0.25, 0.3) is 0 Å². The van der Waals surface area contributed by atoms with Crippen LogP contribution in [0.1, 0.15) is 47.0 Å². The van der Waals surface area contributed by atoms with E-state index in [2.05, 4.69) is 37.9 Å². The SMILES string of the molecule is CC1CC(C)CN(C(C)(C)CNC(=O)C(N)C2CCOCC2)C1.Cl.Cl. The molecule has 0 aromatic heterocycles. The summed E-state index contributed by atoms with van der Waals surface area (Å²) in [5, 5.41) is 3.10. The van der Waals surface area contributed by atoms with E-state index >= 15 is 0 Å². The average molecular weight is 398 g/mol. The van der Waals surface area contributed by atoms with E-state index in [1.807, 2.05) is 0 Å². The zero-order chi connectivity index (χ0) is 17.0. The van der Waals surface area contributed by atoms with E-state index in [9.17, 15) is 4.79 Å². The lowest BCUT2D eigenvalue weighted by atomic mass is 9.87. The number of nitrogens with one attached hydrogen (secondary N) is 1. The molecule has 0 bridgehead atoms. The largest absolute Gasteiger partial charge is 0.381 e. The summed E-state index contributed by atoms with van der Waals surface area (Å²) in [6.45, 7) is 13.4. The third-order valence-corrected chi connectivity index (χ3v) is 5.50. The summed E-state index contributed by atoms with van der Waals surface area (Å²) in [4.78, 5) is 14.9. The first kappa shape index (κ1) is 24.9. The molecular formula is C18H37Cl2N3O2. The van der Waals surface area contributed by atoms with Gasteiger partial charge in [-0.2, -0.15) is 0 Å². The molecule has 2 aliphatic rings. The van der Waals surface area contributed by atoms with Crippen molar-refractivity contribution in [3.63, 3.8) is 0 Å². The van der Waals surface area contributed by atoms with E-state index in [4.69, 9.17) is 10.5 Å². The number of rotatable bonds is 5. The molecule has 2 rings (SSSR count). The van der Waals surface area contributed by atoms with E-state index in [1.54, 1.807) is 0 Å². The standard InChI is InChI=1S/C18H35N3O2.2ClH/c1-13-9-14(2)11-21(10-13)18(3,4)12-20-17(22)16(19)15-5-7-23-8-6-15;;/h13-16H,5-12,19H2,1-4H3,(H,20,22);2*1H. The summed E-state index contributed by atoms with van der Waals surface area (Å²) in [7, 11) is 0. The molecule has 3 atom stereocenters. The minimum absolute atomic E-state index is 0. The number of nitrogens with two attached hydrogens (primary N) is 1. The normalized spacial score (nSPS) is 26.9. The van der Waals surface area contributed by atoms with Crippen molar-refractivity contribution >= 4 is 30.7 Å². The van der Waals surface area contributed by atoms with E-state index in [0.717, 1.165) is 51.0 Å². The molecule has 150 valence electrons. The molecule has 2 heterocycles. The number of hydrogen-bond donors (Lipinski definition) is 2. The van der Waals surface area contributed by atoms with Gasteiger partial charge in [0.15, 0.2) is 0 Å². The second-order valence-corrected chi connectivity index (χ2v) is 8.36. The Morgan fingerprint density at radius 2 is 1.72 bits per heavy atom. The van der Waals surface area contributed by atoms with Crippen molar-refractivity contribution in [3.8, 4) is 0 Å². The summed E-state index contributed by atoms with van der Waals surface area (Å²) in [6.07, 6.45) is 3.08. The fraction of sp³-hybridized carbons (Fsp3) is 0.944. The lowest BCUT2D eigenvalue weighted by Gasteiger charge is -2.45. The highest BCUT2D eigenvalue weighted by molar-refractivity contribution is 5.85. The molecular weight excluding hydrogens is 361 g/mol. The highest BCUT2D eigenvalue weighted by Crippen LogP contribution is 2.27. The van der Waals surface area contributed by atoms with Gasteiger partial charge in [-0.25, -0.2) is 0 Å². The van der Waals surface area contributed by atoms with Crippen molar-refractivity contribution < 1.29 is 9.53 Å². The third kappa shape index (κ3) is 7.22. The number of hydrogen-bond acceptors (Lipinski definition) is 4. The summed E-state index contributed by atoms with van der Waals surface area (Å²) in [5.41, 5.74) is 6.13. The molecule has 0 aromatic rings. The maximum Gasteiger partial charge on any atom is 0.237 e. The topological polar surface area (TPSA) is 67.6 Å². The number of amides is 1. The van der Waals surface area contributed by atoms with Crippen LogP contribution in [0.4, 0.5) is 0 Å². The number of nitrogens with zero attached hydrogens (tertiary/aromatic N) is 1. The number of ether oxygens (including phenoxy) is 1. The Morgan fingerprint density at radius 3 is 2.24 bits per heavy atom. The predicted octanol–water partition coefficient (Wildman–Crippen LogP) is 2.46. The molecule has 2 fully saturated rings. The molecule has 25 heavy (non-hydrogen) atoms. The van der Waals surface area contributed by atoms with Gasteiger partial charge in [0.1, 0.15) is 0 Å². The Bertz CT molecular complexity index is 394. The van der Waals surface area contributed by atoms with Crippen molar-refractivity contribution in [1.29, 1.82) is 0 Å². The minimum Gasteiger partial charge on any atom is -0.381 e. The van der Waals surface area contributed by atoms with E-state index in [-0.39, 0.29) is 42.2 Å². The first-order valence-electron chi connectivity index (χ1n) is 9.15. The fourth-order valence-electron chi connectivity index (χ4n) is 3.98. The molecule has 3 N–H and O–H groups in total. The van der Waals surface area contributed by atoms with Crippen molar-refractivity contribution in [3.05, 3.63) is 0 Å². The lowest BCUT2D eigenvalue weighted by Crippen LogP contribution is -2.58. The van der Waals surface area contributed by atoms with Gasteiger partial charge in [0.2, 0.25) is 5.91 Å². The monoisotopic (exact) mass is 397 g/mol. The second-order valence-electron chi connectivity index (χ2n) is 8.36. The molecule has 0 saturated carbocycles. The first-order valence-corrected chi connectivity index (χ1v) is 9.15. The molecule has 5 nitrogen and oxygen atoms in total. The Morgan fingerprint density at radius 1 is 1.20 bits per heavy atom. The Balaban J connectivity index is 0.00000288. The van der Waals surface area contributed by atoms with Crippen LogP contribution in [0, 0.1) is 17.8 Å². The Hall–Kier alpha value is -0.0700. The predicted molar refractivity (Wildman–Crippen MR) is 108 cm³/mol. The summed E-state index contributed by atoms with van der Waals surface area (Å²) in [5.74, 6) is 1.68. The Labute approximate surface area is 165 Å². The minimum atomic E-state index is -0.408. The molecule has 1 amide bonds. The van der Waals surface area contributed by atoms with Crippen molar-refractivity contribution in [2.24, 2.45) is 23.5 Å². The van der Waals surface area contributed by atoms with Gasteiger partial charge in [0.05, 0.1) is 6.04 Å². The van der Waals surface area contributed by atoms with Crippen LogP contribution in [0.25, 0.3) is 0 Å². The van der Waals surface area contributed by atoms with Gasteiger partial charge in [-0.15, -0.1) is 24.8 Å². The zero-order valence-corrected chi connectivity index (χ0v) is 17.8. The van der Waals surface area contributed by atoms with Crippen LogP contribution in [0.5, 0.6) is 0 Å². The highest BCUT2D eigenvalue weighted by atomic mass is 35.5. The van der Waals surface area contributed by atoms with Gasteiger partial charge in [-0.05, 0) is 50.9 Å². The first-order chi connectivity index (χ1) is 10.8. The van der Waals surface area contributed by atoms with Gasteiger partial charge < -0.3 is 15.8 Å². The molecule has 0 aliphatic carbocycles. The smallest absolute Gasteiger partial charge is 0.237 e. The van der Waals surface area contributed by atoms with Crippen molar-refractivity contribution in [1.82, 2.24) is 10.2 Å². The summed E-state index contributed by atoms with van der Waals surface area (Å²) < 4.78 is 5.35. The molecule has 3 unspecified atom stereocenters. The van der Waals surface area contributed by atoms with Gasteiger partial charge in [-0.3, -0.25) is 9.69 Å². The maximum atomic E-state index is 12.4. The van der Waals surface area contributed by atoms with Crippen LogP contribution in [-0.4, -0.2) is 55.2 Å². The maximum absolute atomic E-state index is 12.4. The third-order valence-electron chi connectivity index (χ3n) is 5.50. The van der Waals surface area contributed by atoms with E-state index in [0.29, 0.717) is 6.54 Å². The number of halogens is 2. The number of likely N-dealkylation sites (tertiary alicyclic amines) is 1. The van der Waals surface area contributed by atoms with Gasteiger partial charge in [-0.1, -0.05) is 13.8 Å². The van der Waals surface area contributed by atoms with E-state index in [1.165, 1.54) is 6.42 Å². The van der Waals surface area contributed by atoms with Crippen LogP contribution < -0.4 is 11.1 Å². The second kappa shape index (κ2) is 10.9. The van der Waals surface area contributed by atoms with Gasteiger partial charge in [0, 0.05) is 38.4 Å². The van der Waals surface area contributed by atoms with Crippen molar-refractivity contribution in [2.75, 3.05) is 32.8 Å². The quantitative estimate of drug-likeness (QED) is 0.747. The molecule has 0 aromatic carbocycles. The van der Waals surface area contributed by atoms with E-state index < -0.39 is 6.04 Å². The van der Waals surface area contributed by atoms with Crippen LogP contribution >= 0.6 is 24.8 Å². The summed E-state index contributed by atoms with van der Waals surface area (Å²) in [6, 6.07) is -0.408. The zero-order valence-electron chi connectivity index (χ0n) is 16.1. The van der Waals surface area contributed by atoms with Gasteiger partial charge >= 0.3 is 0 Å². The number of carbonyl (C=O) groups is 1. The van der Waals surface area contributed by atoms with Crippen LogP contribution in [0.15, 0.2) is 0 Å². The average Bonchev–Trinajstić information content (AvgIpc) is 2.52. The van der Waals surface area contributed by atoms with Crippen LogP contribution in [0.3, 0.4) is 0 Å². The number of piperidine rings is 1. The fourth-order valence-corrected chi connectivity index (χ4v) is 3.98. The highest BCUT2D eigenvalue weighted by Gasteiger charge is 2.34. The lowest BCUT2D eigenvalue weighted by molar-refractivity contribution is -0.125. The molecule has 2 saturated heterocycles. The number of carbonyl (C=O) groups excluding carboxylic acids is 1. The van der Waals surface area contributed by atoms with Crippen molar-refractivity contribution in [2.45, 2.75) is 58.5 Å². The molecule has 2 aliphatic heterocycles. The molecule has 7 heteroatoms. The Kier molecular flexibility index (Phi) is 10.9. The van der Waals surface area contributed by atoms with Crippen LogP contribution in [0.2, 0.25) is 0 Å². The molecule has 0 radical (unpaired) electrons. The molecule has 0 spiro atoms. The summed E-state index contributed by atoms with van der Waals surface area (Å²) >= 11 is 0.